The summed E-state index contributed by atoms with van der Waals surface area (Å²) in [5, 5.41) is 10.9. The number of nitrogens with zero attached hydrogens (tertiary/aromatic N) is 2. The average molecular weight is 672 g/mol. The van der Waals surface area contributed by atoms with Crippen molar-refractivity contribution in [3.8, 4) is 51.5 Å². The number of rotatable bonds is 11. The molecular weight excluding hydrogens is 644 g/mol. The Bertz CT molecular complexity index is 1830. The quantitative estimate of drug-likeness (QED) is 0.130. The number of furan rings is 1. The summed E-state index contributed by atoms with van der Waals surface area (Å²) < 4.78 is 29.6. The lowest BCUT2D eigenvalue weighted by Crippen LogP contribution is -2.02. The van der Waals surface area contributed by atoms with E-state index in [0.717, 1.165) is 16.7 Å². The van der Waals surface area contributed by atoms with Crippen LogP contribution in [0.15, 0.2) is 98.8 Å². The molecule has 0 radical (unpaired) electrons. The lowest BCUT2D eigenvalue weighted by atomic mass is 9.98. The first kappa shape index (κ1) is 30.7. The molecule has 4 aromatic carbocycles. The number of ether oxygens (including phenoxy) is 4. The minimum atomic E-state index is 0.178. The van der Waals surface area contributed by atoms with Crippen molar-refractivity contribution in [1.82, 2.24) is 0 Å². The summed E-state index contributed by atoms with van der Waals surface area (Å²) in [6.45, 7) is 2.60. The van der Waals surface area contributed by atoms with Crippen molar-refractivity contribution >= 4 is 39.6 Å². The van der Waals surface area contributed by atoms with Crippen LogP contribution in [0.4, 0.5) is 5.88 Å². The third-order valence-electron chi connectivity index (χ3n) is 6.72. The Labute approximate surface area is 269 Å². The molecule has 7 nitrogen and oxygen atoms in total. The van der Waals surface area contributed by atoms with Crippen LogP contribution in [0.1, 0.15) is 23.6 Å². The fraction of sp³-hybridized carbons (Fsp3) is 0.143. The molecule has 0 aliphatic heterocycles. The van der Waals surface area contributed by atoms with Crippen LogP contribution in [0.5, 0.6) is 23.0 Å². The highest BCUT2D eigenvalue weighted by molar-refractivity contribution is 9.10. The van der Waals surface area contributed by atoms with Crippen molar-refractivity contribution in [2.24, 2.45) is 4.99 Å². The monoisotopic (exact) mass is 670 g/mol. The summed E-state index contributed by atoms with van der Waals surface area (Å²) in [6.07, 6.45) is 1.63. The summed E-state index contributed by atoms with van der Waals surface area (Å²) >= 11 is 9.93. The molecule has 0 aliphatic carbocycles. The Hall–Kier alpha value is -4.71. The number of hydrogen-bond acceptors (Lipinski definition) is 7. The van der Waals surface area contributed by atoms with Gasteiger partial charge in [-0.25, -0.2) is 4.99 Å². The largest absolute Gasteiger partial charge is 0.497 e. The highest BCUT2D eigenvalue weighted by Crippen LogP contribution is 2.43. The summed E-state index contributed by atoms with van der Waals surface area (Å²) in [4.78, 5) is 4.63. The van der Waals surface area contributed by atoms with Gasteiger partial charge >= 0.3 is 0 Å². The molecule has 0 fully saturated rings. The van der Waals surface area contributed by atoms with Gasteiger partial charge in [0.15, 0.2) is 11.5 Å². The van der Waals surface area contributed by atoms with Crippen LogP contribution >= 0.6 is 27.5 Å². The summed E-state index contributed by atoms with van der Waals surface area (Å²) in [5.74, 6) is 3.18. The van der Waals surface area contributed by atoms with Crippen LogP contribution in [-0.2, 0) is 6.61 Å². The Morgan fingerprint density at radius 1 is 0.909 bits per heavy atom. The molecule has 9 heteroatoms. The van der Waals surface area contributed by atoms with E-state index in [2.05, 4.69) is 27.0 Å². The molecule has 0 spiro atoms. The molecule has 44 heavy (non-hydrogen) atoms. The highest BCUT2D eigenvalue weighted by atomic mass is 79.9. The second-order valence-electron chi connectivity index (χ2n) is 9.46. The lowest BCUT2D eigenvalue weighted by molar-refractivity contribution is 0.267. The van der Waals surface area contributed by atoms with Crippen LogP contribution in [0, 0.1) is 11.3 Å². The highest BCUT2D eigenvalue weighted by Gasteiger charge is 2.23. The molecule has 5 rings (SSSR count). The first-order valence-electron chi connectivity index (χ1n) is 13.7. The van der Waals surface area contributed by atoms with Crippen molar-refractivity contribution < 1.29 is 23.4 Å². The average Bonchev–Trinajstić information content (AvgIpc) is 3.42. The Morgan fingerprint density at radius 3 is 2.18 bits per heavy atom. The molecule has 5 aromatic rings. The molecule has 1 heterocycles. The van der Waals surface area contributed by atoms with Gasteiger partial charge in [0.05, 0.1) is 25.3 Å². The molecular formula is C35H28BrClN2O5. The van der Waals surface area contributed by atoms with Crippen molar-refractivity contribution in [2.75, 3.05) is 20.8 Å². The van der Waals surface area contributed by atoms with Crippen molar-refractivity contribution in [3.05, 3.63) is 111 Å². The van der Waals surface area contributed by atoms with E-state index in [1.54, 1.807) is 20.4 Å². The van der Waals surface area contributed by atoms with Gasteiger partial charge in [0.25, 0.3) is 0 Å². The van der Waals surface area contributed by atoms with Crippen molar-refractivity contribution in [1.29, 1.82) is 5.26 Å². The minimum Gasteiger partial charge on any atom is -0.497 e. The van der Waals surface area contributed by atoms with Crippen LogP contribution < -0.4 is 18.9 Å². The summed E-state index contributed by atoms with van der Waals surface area (Å²) in [5.41, 5.74) is 4.07. The molecule has 0 saturated heterocycles. The number of benzene rings is 4. The van der Waals surface area contributed by atoms with Crippen molar-refractivity contribution in [3.63, 3.8) is 0 Å². The maximum absolute atomic E-state index is 10.3. The minimum absolute atomic E-state index is 0.178. The second kappa shape index (κ2) is 14.2. The Kier molecular flexibility index (Phi) is 9.90. The van der Waals surface area contributed by atoms with Crippen LogP contribution in [-0.4, -0.2) is 27.0 Å². The third-order valence-corrected chi connectivity index (χ3v) is 7.68. The second-order valence-corrected chi connectivity index (χ2v) is 10.7. The van der Waals surface area contributed by atoms with E-state index in [-0.39, 0.29) is 12.5 Å². The van der Waals surface area contributed by atoms with E-state index in [1.165, 1.54) is 0 Å². The van der Waals surface area contributed by atoms with Gasteiger partial charge in [0, 0.05) is 27.9 Å². The molecule has 0 aliphatic rings. The van der Waals surface area contributed by atoms with E-state index in [4.69, 9.17) is 35.0 Å². The standard InChI is InChI=1S/C35H28BrClN2O5/c1-4-42-31-18-22(17-29(36)34(31)43-21-25-7-5-6-8-30(25)37)20-39-35-28(19-38)32(23-9-13-26(40-2)14-10-23)33(44-35)24-11-15-27(41-3)16-12-24/h5-18,20H,4,21H2,1-3H3. The van der Waals surface area contributed by atoms with E-state index >= 15 is 0 Å². The van der Waals surface area contributed by atoms with Crippen LogP contribution in [0.3, 0.4) is 0 Å². The predicted molar refractivity (Wildman–Crippen MR) is 176 cm³/mol. The first-order valence-corrected chi connectivity index (χ1v) is 14.8. The maximum atomic E-state index is 10.3. The van der Waals surface area contributed by atoms with E-state index in [1.807, 2.05) is 91.9 Å². The zero-order valence-corrected chi connectivity index (χ0v) is 26.6. The summed E-state index contributed by atoms with van der Waals surface area (Å²) in [7, 11) is 3.22. The molecule has 0 unspecified atom stereocenters. The number of halogens is 2. The predicted octanol–water partition coefficient (Wildman–Crippen LogP) is 9.65. The number of nitriles is 1. The van der Waals surface area contributed by atoms with Gasteiger partial charge in [0.1, 0.15) is 35.5 Å². The third kappa shape index (κ3) is 6.75. The smallest absolute Gasteiger partial charge is 0.238 e. The fourth-order valence-electron chi connectivity index (χ4n) is 4.56. The van der Waals surface area contributed by atoms with Gasteiger partial charge < -0.3 is 23.4 Å². The SMILES string of the molecule is CCOc1cc(C=Nc2oc(-c3ccc(OC)cc3)c(-c3ccc(OC)cc3)c2C#N)cc(Br)c1OCc1ccccc1Cl. The first-order chi connectivity index (χ1) is 21.4. The molecule has 0 saturated carbocycles. The van der Waals surface area contributed by atoms with Gasteiger partial charge in [-0.15, -0.1) is 0 Å². The van der Waals surface area contributed by atoms with Gasteiger partial charge in [0.2, 0.25) is 5.88 Å². The van der Waals surface area contributed by atoms with Gasteiger partial charge in [-0.05, 0) is 88.6 Å². The molecule has 0 bridgehead atoms. The summed E-state index contributed by atoms with van der Waals surface area (Å²) in [6, 6.07) is 28.4. The van der Waals surface area contributed by atoms with E-state index in [9.17, 15) is 5.26 Å². The van der Waals surface area contributed by atoms with E-state index in [0.29, 0.717) is 61.6 Å². The number of hydrogen-bond donors (Lipinski definition) is 0. The molecule has 222 valence electrons. The topological polar surface area (TPSA) is 86.2 Å². The van der Waals surface area contributed by atoms with Crippen molar-refractivity contribution in [2.45, 2.75) is 13.5 Å². The zero-order valence-electron chi connectivity index (χ0n) is 24.3. The maximum Gasteiger partial charge on any atom is 0.238 e. The Morgan fingerprint density at radius 2 is 1.57 bits per heavy atom. The molecule has 0 atom stereocenters. The number of methoxy groups -OCH3 is 2. The zero-order chi connectivity index (χ0) is 31.1. The Balaban J connectivity index is 1.53. The molecule has 1 aromatic heterocycles. The lowest BCUT2D eigenvalue weighted by Gasteiger charge is -2.15. The van der Waals surface area contributed by atoms with Crippen LogP contribution in [0.2, 0.25) is 5.02 Å². The van der Waals surface area contributed by atoms with Gasteiger partial charge in [-0.3, -0.25) is 0 Å². The molecule has 0 amide bonds. The number of aliphatic imine (C=N–C) groups is 1. The molecule has 0 N–H and O–H groups in total. The van der Waals surface area contributed by atoms with E-state index < -0.39 is 0 Å². The fourth-order valence-corrected chi connectivity index (χ4v) is 5.32. The van der Waals surface area contributed by atoms with Crippen LogP contribution in [0.25, 0.3) is 22.5 Å². The normalized spacial score (nSPS) is 10.9. The van der Waals surface area contributed by atoms with Gasteiger partial charge in [-0.2, -0.15) is 5.26 Å². The van der Waals surface area contributed by atoms with Gasteiger partial charge in [-0.1, -0.05) is 41.9 Å².